The van der Waals surface area contributed by atoms with Crippen molar-refractivity contribution in [1.82, 2.24) is 0 Å². The Labute approximate surface area is 179 Å². The molecule has 8 heteroatoms. The van der Waals surface area contributed by atoms with Gasteiger partial charge in [0.25, 0.3) is 0 Å². The highest BCUT2D eigenvalue weighted by Crippen LogP contribution is 2.56. The predicted octanol–water partition coefficient (Wildman–Crippen LogP) is 6.23. The van der Waals surface area contributed by atoms with Gasteiger partial charge in [-0.05, 0) is 21.8 Å². The zero-order valence-corrected chi connectivity index (χ0v) is 17.3. The van der Waals surface area contributed by atoms with E-state index < -0.39 is 0 Å². The number of hydrogen-bond donors (Lipinski definition) is 0. The molecule has 0 saturated carbocycles. The van der Waals surface area contributed by atoms with E-state index in [9.17, 15) is 21.0 Å². The lowest BCUT2D eigenvalue weighted by molar-refractivity contribution is 1.41. The Bertz CT molecular complexity index is 1100. The predicted molar refractivity (Wildman–Crippen MR) is 117 cm³/mol. The molecule has 0 saturated heterocycles. The second kappa shape index (κ2) is 9.47. The lowest BCUT2D eigenvalue weighted by atomic mass is 9.90. The monoisotopic (exact) mass is 432 g/mol. The Morgan fingerprint density at radius 3 is 1.82 bits per heavy atom. The first kappa shape index (κ1) is 20.0. The number of thioether (sulfide) groups is 4. The third kappa shape index (κ3) is 4.07. The molecule has 2 aliphatic rings. The summed E-state index contributed by atoms with van der Waals surface area (Å²) in [6.45, 7) is 0. The summed E-state index contributed by atoms with van der Waals surface area (Å²) in [4.78, 5) is 0.681. The third-order valence-corrected chi connectivity index (χ3v) is 8.59. The van der Waals surface area contributed by atoms with E-state index in [2.05, 4.69) is 0 Å². The molecule has 0 N–H and O–H groups in total. The minimum atomic E-state index is -0.136. The van der Waals surface area contributed by atoms with Gasteiger partial charge in [0.1, 0.15) is 35.4 Å². The normalized spacial score (nSPS) is 14.4. The van der Waals surface area contributed by atoms with Gasteiger partial charge in [0.2, 0.25) is 0 Å². The average Bonchev–Trinajstić information content (AvgIpc) is 3.43. The van der Waals surface area contributed by atoms with Gasteiger partial charge in [-0.2, -0.15) is 21.0 Å². The lowest BCUT2D eigenvalue weighted by Gasteiger charge is -2.14. The molecule has 3 rings (SSSR count). The highest BCUT2D eigenvalue weighted by Gasteiger charge is 2.28. The van der Waals surface area contributed by atoms with Gasteiger partial charge in [-0.3, -0.25) is 0 Å². The summed E-state index contributed by atoms with van der Waals surface area (Å²) in [5.74, 6) is 0. The van der Waals surface area contributed by atoms with E-state index in [1.165, 1.54) is 23.5 Å². The maximum absolute atomic E-state index is 9.56. The molecule has 0 spiro atoms. The van der Waals surface area contributed by atoms with Crippen LogP contribution in [-0.2, 0) is 0 Å². The van der Waals surface area contributed by atoms with Gasteiger partial charge >= 0.3 is 0 Å². The third-order valence-electron chi connectivity index (χ3n) is 3.55. The van der Waals surface area contributed by atoms with E-state index in [-0.39, 0.29) is 11.1 Å². The second-order valence-corrected chi connectivity index (χ2v) is 9.38. The molecule has 0 aromatic heterocycles. The van der Waals surface area contributed by atoms with Gasteiger partial charge in [-0.25, -0.2) is 0 Å². The molecule has 132 valence electrons. The summed E-state index contributed by atoms with van der Waals surface area (Å²) < 4.78 is 2.17. The maximum Gasteiger partial charge on any atom is 0.138 e. The molecule has 2 heterocycles. The highest BCUT2D eigenvalue weighted by atomic mass is 32.2. The molecule has 0 amide bonds. The lowest BCUT2D eigenvalue weighted by Crippen LogP contribution is -1.99. The molecule has 4 nitrogen and oxygen atoms in total. The van der Waals surface area contributed by atoms with Gasteiger partial charge in [-0.1, -0.05) is 77.4 Å². The summed E-state index contributed by atoms with van der Waals surface area (Å²) in [6.07, 6.45) is 0. The quantitative estimate of drug-likeness (QED) is 0.410. The van der Waals surface area contributed by atoms with Crippen LogP contribution in [0.3, 0.4) is 0 Å². The number of nitriles is 4. The molecular weight excluding hydrogens is 425 g/mol. The van der Waals surface area contributed by atoms with Crippen LogP contribution < -0.4 is 0 Å². The fourth-order valence-corrected chi connectivity index (χ4v) is 6.94. The zero-order valence-electron chi connectivity index (χ0n) is 14.0. The van der Waals surface area contributed by atoms with Crippen LogP contribution in [0, 0.1) is 45.3 Å². The van der Waals surface area contributed by atoms with Crippen molar-refractivity contribution in [1.29, 1.82) is 21.0 Å². The van der Waals surface area contributed by atoms with E-state index in [1.807, 2.05) is 46.6 Å². The summed E-state index contributed by atoms with van der Waals surface area (Å²) >= 11 is 6.19. The van der Waals surface area contributed by atoms with Gasteiger partial charge in [0.15, 0.2) is 0 Å². The Balaban J connectivity index is 2.21. The molecule has 0 atom stereocenters. The number of benzene rings is 1. The highest BCUT2D eigenvalue weighted by molar-refractivity contribution is 8.33. The van der Waals surface area contributed by atoms with E-state index >= 15 is 0 Å². The van der Waals surface area contributed by atoms with E-state index in [1.54, 1.807) is 47.8 Å². The van der Waals surface area contributed by atoms with Crippen LogP contribution >= 0.6 is 47.0 Å². The number of allylic oxidation sites excluding steroid dienone is 4. The Morgan fingerprint density at radius 2 is 1.25 bits per heavy atom. The minimum absolute atomic E-state index is 0.127. The van der Waals surface area contributed by atoms with Crippen LogP contribution in [0.15, 0.2) is 76.7 Å². The fraction of sp³-hybridized carbons (Fsp3) is 0. The first-order valence-corrected chi connectivity index (χ1v) is 11.1. The fourth-order valence-electron chi connectivity index (χ4n) is 2.42. The van der Waals surface area contributed by atoms with Crippen LogP contribution in [0.2, 0.25) is 0 Å². The Hall–Kier alpha value is -2.72. The topological polar surface area (TPSA) is 95.2 Å². The van der Waals surface area contributed by atoms with Crippen molar-refractivity contribution in [2.75, 3.05) is 0 Å². The molecule has 28 heavy (non-hydrogen) atoms. The Morgan fingerprint density at radius 1 is 0.679 bits per heavy atom. The number of rotatable bonds is 3. The summed E-state index contributed by atoms with van der Waals surface area (Å²) in [5, 5.41) is 44.0. The number of nitrogens with zero attached hydrogens (tertiary/aromatic N) is 4. The molecule has 0 fully saturated rings. The SMILES string of the molecule is N#CC(C#N)=C(C1=CSC(=C2SC=CS2)S1)C(=C(C#N)C#N)c1ccccc1. The van der Waals surface area contributed by atoms with Crippen molar-refractivity contribution >= 4 is 52.6 Å². The zero-order chi connectivity index (χ0) is 19.9. The van der Waals surface area contributed by atoms with Crippen LogP contribution in [0.4, 0.5) is 0 Å². The number of hydrogen-bond acceptors (Lipinski definition) is 8. The molecule has 0 radical (unpaired) electrons. The van der Waals surface area contributed by atoms with E-state index in [4.69, 9.17) is 0 Å². The van der Waals surface area contributed by atoms with Crippen LogP contribution in [-0.4, -0.2) is 0 Å². The summed E-state index contributed by atoms with van der Waals surface area (Å²) in [5.41, 5.74) is 0.973. The summed E-state index contributed by atoms with van der Waals surface area (Å²) in [7, 11) is 0. The maximum atomic E-state index is 9.56. The van der Waals surface area contributed by atoms with Crippen molar-refractivity contribution in [3.05, 3.63) is 82.2 Å². The molecule has 1 aromatic rings. The molecule has 1 aromatic carbocycles. The first-order chi connectivity index (χ1) is 13.7. The van der Waals surface area contributed by atoms with E-state index in [0.29, 0.717) is 21.6 Å². The standard InChI is InChI=1S/C20H8N4S4/c21-8-14(9-22)17(13-4-2-1-3-5-13)18(15(10-23)11-24)16-12-27-20(28-16)19-25-6-7-26-19/h1-7,12H. The van der Waals surface area contributed by atoms with Crippen molar-refractivity contribution in [3.8, 4) is 24.3 Å². The molecule has 0 unspecified atom stereocenters. The smallest absolute Gasteiger partial charge is 0.138 e. The van der Waals surface area contributed by atoms with Gasteiger partial charge in [-0.15, -0.1) is 0 Å². The minimum Gasteiger partial charge on any atom is -0.192 e. The van der Waals surface area contributed by atoms with Crippen molar-refractivity contribution < 1.29 is 0 Å². The molecular formula is C20H8N4S4. The molecule has 2 aliphatic heterocycles. The Kier molecular flexibility index (Phi) is 6.77. The van der Waals surface area contributed by atoms with Crippen molar-refractivity contribution in [3.63, 3.8) is 0 Å². The molecule has 0 bridgehead atoms. The van der Waals surface area contributed by atoms with Gasteiger partial charge < -0.3 is 0 Å². The van der Waals surface area contributed by atoms with Crippen molar-refractivity contribution in [2.45, 2.75) is 0 Å². The van der Waals surface area contributed by atoms with Gasteiger partial charge in [0.05, 0.1) is 8.47 Å². The average molecular weight is 433 g/mol. The summed E-state index contributed by atoms with van der Waals surface area (Å²) in [6, 6.07) is 16.6. The molecule has 0 aliphatic carbocycles. The second-order valence-electron chi connectivity index (χ2n) is 5.10. The first-order valence-electron chi connectivity index (χ1n) is 7.65. The van der Waals surface area contributed by atoms with Crippen molar-refractivity contribution in [2.24, 2.45) is 0 Å². The van der Waals surface area contributed by atoms with Crippen LogP contribution in [0.25, 0.3) is 5.57 Å². The van der Waals surface area contributed by atoms with E-state index in [0.717, 1.165) is 8.47 Å². The largest absolute Gasteiger partial charge is 0.192 e. The van der Waals surface area contributed by atoms with Crippen LogP contribution in [0.1, 0.15) is 5.56 Å². The van der Waals surface area contributed by atoms with Gasteiger partial charge in [0, 0.05) is 16.1 Å². The van der Waals surface area contributed by atoms with Crippen LogP contribution in [0.5, 0.6) is 0 Å².